The number of hydrogen-bond acceptors (Lipinski definition) is 5. The highest BCUT2D eigenvalue weighted by Gasteiger charge is 2.16. The highest BCUT2D eigenvalue weighted by atomic mass is 16.5. The van der Waals surface area contributed by atoms with Crippen LogP contribution in [0.1, 0.15) is 21.4 Å². The van der Waals surface area contributed by atoms with Crippen molar-refractivity contribution in [3.05, 3.63) is 30.0 Å². The normalized spacial score (nSPS) is 13.5. The van der Waals surface area contributed by atoms with Crippen molar-refractivity contribution >= 4 is 16.9 Å². The van der Waals surface area contributed by atoms with Gasteiger partial charge in [-0.2, -0.15) is 0 Å². The number of carbonyl (C=O) groups is 1. The topological polar surface area (TPSA) is 68.7 Å². The summed E-state index contributed by atoms with van der Waals surface area (Å²) < 4.78 is 30.7. The van der Waals surface area contributed by atoms with Crippen LogP contribution < -0.4 is 4.74 Å². The fourth-order valence-electron chi connectivity index (χ4n) is 1.58. The highest BCUT2D eigenvalue weighted by Crippen LogP contribution is 2.30. The Balaban J connectivity index is 2.49. The fourth-order valence-corrected chi connectivity index (χ4v) is 1.58. The Morgan fingerprint density at radius 1 is 1.56 bits per heavy atom. The molecule has 0 aliphatic rings. The number of aromatic hydroxyl groups is 1. The maximum Gasteiger partial charge on any atom is 0.343 e. The van der Waals surface area contributed by atoms with Crippen LogP contribution in [0.25, 0.3) is 10.9 Å². The van der Waals surface area contributed by atoms with Crippen LogP contribution in [-0.2, 0) is 4.74 Å². The number of rotatable bonds is 3. The van der Waals surface area contributed by atoms with Crippen LogP contribution in [0, 0.1) is 0 Å². The standard InChI is InChI=1S/C13H13NO4/c1-3-18-13(16)10-7-14-11-5-4-8(17-2)6-9(11)12(10)15/h4-7H,3H2,1-2H3,(H,14,15)/i2D3. The maximum atomic E-state index is 11.7. The Hall–Kier alpha value is -2.30. The monoisotopic (exact) mass is 250 g/mol. The molecule has 0 radical (unpaired) electrons. The van der Waals surface area contributed by atoms with E-state index in [4.69, 9.17) is 13.6 Å². The number of fused-ring (bicyclic) bond motifs is 1. The van der Waals surface area contributed by atoms with Crippen LogP contribution in [-0.4, -0.2) is 29.7 Å². The zero-order valence-electron chi connectivity index (χ0n) is 12.6. The number of carbonyl (C=O) groups excluding carboxylic acids is 1. The molecule has 0 aliphatic heterocycles. The minimum Gasteiger partial charge on any atom is -0.506 e. The quantitative estimate of drug-likeness (QED) is 0.845. The molecule has 18 heavy (non-hydrogen) atoms. The van der Waals surface area contributed by atoms with Crippen molar-refractivity contribution in [3.8, 4) is 11.5 Å². The van der Waals surface area contributed by atoms with Crippen LogP contribution in [0.4, 0.5) is 0 Å². The number of esters is 1. The Labute approximate surface area is 108 Å². The third-order valence-corrected chi connectivity index (χ3v) is 2.42. The summed E-state index contributed by atoms with van der Waals surface area (Å²) >= 11 is 0. The molecule has 0 atom stereocenters. The zero-order chi connectivity index (χ0) is 15.6. The van der Waals surface area contributed by atoms with E-state index in [2.05, 4.69) is 4.98 Å². The predicted molar refractivity (Wildman–Crippen MR) is 65.9 cm³/mol. The first kappa shape index (κ1) is 8.74. The second-order valence-electron chi connectivity index (χ2n) is 3.52. The smallest absolute Gasteiger partial charge is 0.343 e. The van der Waals surface area contributed by atoms with Crippen molar-refractivity contribution in [2.45, 2.75) is 6.92 Å². The van der Waals surface area contributed by atoms with Crippen molar-refractivity contribution < 1.29 is 23.5 Å². The summed E-state index contributed by atoms with van der Waals surface area (Å²) in [4.78, 5) is 15.7. The van der Waals surface area contributed by atoms with Gasteiger partial charge in [0, 0.05) is 11.6 Å². The lowest BCUT2D eigenvalue weighted by atomic mass is 10.1. The molecular weight excluding hydrogens is 234 g/mol. The molecule has 0 saturated heterocycles. The van der Waals surface area contributed by atoms with Gasteiger partial charge in [-0.1, -0.05) is 0 Å². The molecule has 94 valence electrons. The minimum atomic E-state index is -2.60. The Kier molecular flexibility index (Phi) is 2.39. The van der Waals surface area contributed by atoms with Gasteiger partial charge in [0.25, 0.3) is 0 Å². The van der Waals surface area contributed by atoms with Crippen LogP contribution in [0.5, 0.6) is 11.5 Å². The predicted octanol–water partition coefficient (Wildman–Crippen LogP) is 2.13. The van der Waals surface area contributed by atoms with Gasteiger partial charge < -0.3 is 14.6 Å². The van der Waals surface area contributed by atoms with Crippen LogP contribution in [0.3, 0.4) is 0 Å². The SMILES string of the molecule is [2H]C([2H])([2H])Oc1ccc2ncc(C(=O)OCC)c(O)c2c1. The highest BCUT2D eigenvalue weighted by molar-refractivity contribution is 5.99. The molecule has 0 saturated carbocycles. The minimum absolute atomic E-state index is 0.0422. The van der Waals surface area contributed by atoms with Crippen LogP contribution in [0.15, 0.2) is 24.4 Å². The molecule has 5 heteroatoms. The molecular formula is C13H13NO4. The third kappa shape index (κ3) is 2.07. The van der Waals surface area contributed by atoms with Crippen LogP contribution in [0.2, 0.25) is 0 Å². The first-order valence-electron chi connectivity index (χ1n) is 6.79. The molecule has 0 fully saturated rings. The average molecular weight is 250 g/mol. The number of benzene rings is 1. The summed E-state index contributed by atoms with van der Waals surface area (Å²) in [5, 5.41) is 10.3. The molecule has 0 unspecified atom stereocenters. The van der Waals surface area contributed by atoms with Gasteiger partial charge in [-0.25, -0.2) is 4.79 Å². The Morgan fingerprint density at radius 2 is 2.39 bits per heavy atom. The summed E-state index contributed by atoms with van der Waals surface area (Å²) in [7, 11) is -2.60. The fraction of sp³-hybridized carbons (Fsp3) is 0.231. The molecule has 1 aromatic heterocycles. The van der Waals surface area contributed by atoms with E-state index in [0.29, 0.717) is 5.52 Å². The number of aromatic nitrogens is 1. The summed E-state index contributed by atoms with van der Waals surface area (Å²) in [5.41, 5.74) is 0.314. The summed E-state index contributed by atoms with van der Waals surface area (Å²) in [6.07, 6.45) is 1.21. The molecule has 1 N–H and O–H groups in total. The van der Waals surface area contributed by atoms with E-state index in [9.17, 15) is 9.90 Å². The lowest BCUT2D eigenvalue weighted by molar-refractivity contribution is 0.0523. The molecule has 0 aliphatic carbocycles. The van der Waals surface area contributed by atoms with Gasteiger partial charge in [-0.3, -0.25) is 4.98 Å². The van der Waals surface area contributed by atoms with E-state index in [-0.39, 0.29) is 29.1 Å². The van der Waals surface area contributed by atoms with Crippen molar-refractivity contribution in [1.29, 1.82) is 0 Å². The van der Waals surface area contributed by atoms with Crippen molar-refractivity contribution in [2.24, 2.45) is 0 Å². The van der Waals surface area contributed by atoms with E-state index in [1.165, 1.54) is 24.4 Å². The Bertz CT molecular complexity index is 685. The Morgan fingerprint density at radius 3 is 3.11 bits per heavy atom. The maximum absolute atomic E-state index is 11.7. The van der Waals surface area contributed by atoms with Gasteiger partial charge in [-0.05, 0) is 25.1 Å². The van der Waals surface area contributed by atoms with Gasteiger partial charge in [0.1, 0.15) is 17.1 Å². The van der Waals surface area contributed by atoms with Crippen molar-refractivity contribution in [1.82, 2.24) is 4.98 Å². The van der Waals surface area contributed by atoms with E-state index in [1.54, 1.807) is 6.92 Å². The van der Waals surface area contributed by atoms with Crippen LogP contribution >= 0.6 is 0 Å². The van der Waals surface area contributed by atoms with E-state index in [1.807, 2.05) is 0 Å². The summed E-state index contributed by atoms with van der Waals surface area (Å²) in [5.74, 6) is -0.985. The molecule has 5 nitrogen and oxygen atoms in total. The van der Waals surface area contributed by atoms with Gasteiger partial charge in [0.05, 0.1) is 23.3 Å². The molecule has 2 aromatic rings. The molecule has 0 amide bonds. The number of nitrogens with zero attached hydrogens (tertiary/aromatic N) is 1. The molecule has 0 bridgehead atoms. The van der Waals surface area contributed by atoms with Crippen molar-refractivity contribution in [2.75, 3.05) is 13.6 Å². The van der Waals surface area contributed by atoms with E-state index < -0.39 is 13.0 Å². The van der Waals surface area contributed by atoms with Gasteiger partial charge >= 0.3 is 5.97 Å². The molecule has 1 heterocycles. The van der Waals surface area contributed by atoms with Gasteiger partial charge in [0.15, 0.2) is 0 Å². The average Bonchev–Trinajstić information content (AvgIpc) is 2.38. The van der Waals surface area contributed by atoms with Gasteiger partial charge in [0.2, 0.25) is 0 Å². The summed E-state index contributed by atoms with van der Waals surface area (Å²) in [6.45, 7) is 1.81. The first-order valence-corrected chi connectivity index (χ1v) is 5.29. The number of methoxy groups -OCH3 is 1. The van der Waals surface area contributed by atoms with Gasteiger partial charge in [-0.15, -0.1) is 0 Å². The number of hydrogen-bond donors (Lipinski definition) is 1. The lowest BCUT2D eigenvalue weighted by Crippen LogP contribution is -2.05. The largest absolute Gasteiger partial charge is 0.506 e. The zero-order valence-corrected chi connectivity index (χ0v) is 9.64. The number of ether oxygens (including phenoxy) is 2. The third-order valence-electron chi connectivity index (χ3n) is 2.42. The second kappa shape index (κ2) is 4.91. The molecule has 2 rings (SSSR count). The summed E-state index contributed by atoms with van der Waals surface area (Å²) in [6, 6.07) is 4.23. The van der Waals surface area contributed by atoms with Crippen molar-refractivity contribution in [3.63, 3.8) is 0 Å². The van der Waals surface area contributed by atoms with E-state index in [0.717, 1.165) is 0 Å². The molecule has 0 spiro atoms. The number of pyridine rings is 1. The molecule has 1 aromatic carbocycles. The second-order valence-corrected chi connectivity index (χ2v) is 3.52. The first-order chi connectivity index (χ1) is 9.81. The lowest BCUT2D eigenvalue weighted by Gasteiger charge is -2.08. The van der Waals surface area contributed by atoms with E-state index >= 15 is 0 Å².